The molecule has 1 nitrogen and oxygen atoms in total. The molecular weight excluding hydrogens is 194 g/mol. The Morgan fingerprint density at radius 3 is 2.31 bits per heavy atom. The predicted molar refractivity (Wildman–Crippen MR) is 74.9 cm³/mol. The largest absolute Gasteiger partial charge is 0.311 e. The van der Waals surface area contributed by atoms with Crippen LogP contribution in [0.5, 0.6) is 0 Å². The highest BCUT2D eigenvalue weighted by atomic mass is 14.9. The second-order valence-corrected chi connectivity index (χ2v) is 4.73. The van der Waals surface area contributed by atoms with Gasteiger partial charge in [-0.3, -0.25) is 0 Å². The Bertz CT molecular complexity index is 152. The molecule has 0 saturated heterocycles. The van der Waals surface area contributed by atoms with Crippen LogP contribution in [0.15, 0.2) is 12.2 Å². The van der Waals surface area contributed by atoms with E-state index in [0.717, 1.165) is 0 Å². The molecule has 0 heterocycles. The molecule has 1 atom stereocenters. The van der Waals surface area contributed by atoms with Crippen molar-refractivity contribution >= 4 is 0 Å². The molecule has 0 aromatic rings. The molecule has 1 heteroatoms. The zero-order valence-corrected chi connectivity index (χ0v) is 11.6. The number of nitrogens with one attached hydrogen (secondary N) is 1. The van der Waals surface area contributed by atoms with E-state index in [2.05, 4.69) is 38.2 Å². The van der Waals surface area contributed by atoms with Crippen molar-refractivity contribution in [1.29, 1.82) is 0 Å². The fourth-order valence-corrected chi connectivity index (χ4v) is 1.75. The van der Waals surface area contributed by atoms with Gasteiger partial charge in [0.25, 0.3) is 0 Å². The molecule has 0 aliphatic carbocycles. The first-order valence-electron chi connectivity index (χ1n) is 7.21. The molecule has 0 bridgehead atoms. The molecule has 0 aliphatic rings. The lowest BCUT2D eigenvalue weighted by molar-refractivity contribution is 0.561. The summed E-state index contributed by atoms with van der Waals surface area (Å²) < 4.78 is 0. The van der Waals surface area contributed by atoms with E-state index in [9.17, 15) is 0 Å². The molecule has 0 spiro atoms. The number of hydrogen-bond donors (Lipinski definition) is 1. The van der Waals surface area contributed by atoms with E-state index >= 15 is 0 Å². The van der Waals surface area contributed by atoms with Gasteiger partial charge in [-0.15, -0.1) is 0 Å². The minimum absolute atomic E-state index is 0.544. The van der Waals surface area contributed by atoms with Crippen molar-refractivity contribution in [1.82, 2.24) is 5.32 Å². The summed E-state index contributed by atoms with van der Waals surface area (Å²) in [5, 5.41) is 3.55. The Balaban J connectivity index is 3.22. The number of rotatable bonds is 11. The van der Waals surface area contributed by atoms with Crippen LogP contribution in [-0.2, 0) is 0 Å². The Morgan fingerprint density at radius 1 is 0.938 bits per heavy atom. The van der Waals surface area contributed by atoms with Crippen molar-refractivity contribution in [3.8, 4) is 0 Å². The number of hydrogen-bond acceptors (Lipinski definition) is 1. The molecule has 1 unspecified atom stereocenters. The second-order valence-electron chi connectivity index (χ2n) is 4.73. The predicted octanol–water partition coefficient (Wildman–Crippen LogP) is 4.68. The molecule has 0 aromatic carbocycles. The van der Waals surface area contributed by atoms with Gasteiger partial charge in [0.15, 0.2) is 0 Å². The lowest BCUT2D eigenvalue weighted by Crippen LogP contribution is -2.24. The SMILES string of the molecule is CCCC/C=C/C(C)NCCCCCCC. The van der Waals surface area contributed by atoms with Crippen molar-refractivity contribution in [2.45, 2.75) is 78.2 Å². The van der Waals surface area contributed by atoms with Crippen LogP contribution < -0.4 is 5.32 Å². The average molecular weight is 225 g/mol. The van der Waals surface area contributed by atoms with Gasteiger partial charge in [-0.25, -0.2) is 0 Å². The van der Waals surface area contributed by atoms with E-state index in [1.165, 1.54) is 57.9 Å². The van der Waals surface area contributed by atoms with E-state index in [0.29, 0.717) is 6.04 Å². The Hall–Kier alpha value is -0.300. The minimum atomic E-state index is 0.544. The highest BCUT2D eigenvalue weighted by Crippen LogP contribution is 2.01. The third-order valence-corrected chi connectivity index (χ3v) is 2.90. The molecule has 0 saturated carbocycles. The summed E-state index contributed by atoms with van der Waals surface area (Å²) in [6, 6.07) is 0.544. The fourth-order valence-electron chi connectivity index (χ4n) is 1.75. The van der Waals surface area contributed by atoms with Gasteiger partial charge in [0, 0.05) is 6.04 Å². The molecule has 0 fully saturated rings. The van der Waals surface area contributed by atoms with Gasteiger partial charge in [-0.05, 0) is 26.3 Å². The monoisotopic (exact) mass is 225 g/mol. The van der Waals surface area contributed by atoms with Gasteiger partial charge in [-0.2, -0.15) is 0 Å². The van der Waals surface area contributed by atoms with Crippen LogP contribution in [0.2, 0.25) is 0 Å². The van der Waals surface area contributed by atoms with E-state index in [-0.39, 0.29) is 0 Å². The summed E-state index contributed by atoms with van der Waals surface area (Å²) in [5.74, 6) is 0. The molecular formula is C15H31N. The Labute approximate surface area is 103 Å². The Kier molecular flexibility index (Phi) is 12.5. The van der Waals surface area contributed by atoms with E-state index in [4.69, 9.17) is 0 Å². The third kappa shape index (κ3) is 11.8. The van der Waals surface area contributed by atoms with Crippen molar-refractivity contribution in [3.05, 3.63) is 12.2 Å². The molecule has 96 valence electrons. The summed E-state index contributed by atoms with van der Waals surface area (Å²) in [6.45, 7) is 7.92. The maximum Gasteiger partial charge on any atom is 0.0221 e. The normalized spacial score (nSPS) is 13.4. The van der Waals surface area contributed by atoms with Gasteiger partial charge < -0.3 is 5.32 Å². The zero-order valence-electron chi connectivity index (χ0n) is 11.6. The third-order valence-electron chi connectivity index (χ3n) is 2.90. The van der Waals surface area contributed by atoms with Crippen LogP contribution in [0, 0.1) is 0 Å². The highest BCUT2D eigenvalue weighted by Gasteiger charge is 1.94. The van der Waals surface area contributed by atoms with Crippen LogP contribution in [0.1, 0.15) is 72.1 Å². The quantitative estimate of drug-likeness (QED) is 0.397. The van der Waals surface area contributed by atoms with Crippen molar-refractivity contribution in [2.24, 2.45) is 0 Å². The summed E-state index contributed by atoms with van der Waals surface area (Å²) in [7, 11) is 0. The maximum atomic E-state index is 3.55. The summed E-state index contributed by atoms with van der Waals surface area (Å²) in [5.41, 5.74) is 0. The fraction of sp³-hybridized carbons (Fsp3) is 0.867. The molecule has 0 aromatic heterocycles. The van der Waals surface area contributed by atoms with E-state index in [1.807, 2.05) is 0 Å². The maximum absolute atomic E-state index is 3.55. The first-order chi connectivity index (χ1) is 7.81. The molecule has 0 rings (SSSR count). The Morgan fingerprint density at radius 2 is 1.62 bits per heavy atom. The molecule has 0 radical (unpaired) electrons. The summed E-state index contributed by atoms with van der Waals surface area (Å²) in [6.07, 6.45) is 15.3. The van der Waals surface area contributed by atoms with Crippen LogP contribution in [0.25, 0.3) is 0 Å². The van der Waals surface area contributed by atoms with Gasteiger partial charge in [-0.1, -0.05) is 64.5 Å². The van der Waals surface area contributed by atoms with Crippen molar-refractivity contribution in [2.75, 3.05) is 6.54 Å². The van der Waals surface area contributed by atoms with Crippen molar-refractivity contribution < 1.29 is 0 Å². The smallest absolute Gasteiger partial charge is 0.0221 e. The van der Waals surface area contributed by atoms with Gasteiger partial charge in [0.1, 0.15) is 0 Å². The molecule has 0 amide bonds. The minimum Gasteiger partial charge on any atom is -0.311 e. The highest BCUT2D eigenvalue weighted by molar-refractivity contribution is 4.90. The average Bonchev–Trinajstić information content (AvgIpc) is 2.29. The van der Waals surface area contributed by atoms with Crippen LogP contribution >= 0.6 is 0 Å². The van der Waals surface area contributed by atoms with Gasteiger partial charge in [0.2, 0.25) is 0 Å². The van der Waals surface area contributed by atoms with Crippen LogP contribution in [0.3, 0.4) is 0 Å². The zero-order chi connectivity index (χ0) is 12.1. The molecule has 16 heavy (non-hydrogen) atoms. The number of allylic oxidation sites excluding steroid dienone is 1. The first-order valence-corrected chi connectivity index (χ1v) is 7.21. The molecule has 1 N–H and O–H groups in total. The summed E-state index contributed by atoms with van der Waals surface area (Å²) in [4.78, 5) is 0. The number of unbranched alkanes of at least 4 members (excludes halogenated alkanes) is 6. The van der Waals surface area contributed by atoms with Gasteiger partial charge in [0.05, 0.1) is 0 Å². The first kappa shape index (κ1) is 15.7. The second kappa shape index (κ2) is 12.8. The van der Waals surface area contributed by atoms with Crippen LogP contribution in [0.4, 0.5) is 0 Å². The standard InChI is InChI=1S/C15H31N/c1-4-6-8-10-12-14-16-15(3)13-11-9-7-5-2/h11,13,15-16H,4-10,12,14H2,1-3H3/b13-11+. The van der Waals surface area contributed by atoms with E-state index in [1.54, 1.807) is 0 Å². The lowest BCUT2D eigenvalue weighted by atomic mass is 10.1. The topological polar surface area (TPSA) is 12.0 Å². The van der Waals surface area contributed by atoms with Gasteiger partial charge >= 0.3 is 0 Å². The van der Waals surface area contributed by atoms with Crippen LogP contribution in [-0.4, -0.2) is 12.6 Å². The van der Waals surface area contributed by atoms with Crippen molar-refractivity contribution in [3.63, 3.8) is 0 Å². The lowest BCUT2D eigenvalue weighted by Gasteiger charge is -2.09. The molecule has 0 aliphatic heterocycles. The summed E-state index contributed by atoms with van der Waals surface area (Å²) >= 11 is 0. The van der Waals surface area contributed by atoms with E-state index < -0.39 is 0 Å².